The quantitative estimate of drug-likeness (QED) is 0.834. The van der Waals surface area contributed by atoms with Crippen LogP contribution in [0.25, 0.3) is 0 Å². The van der Waals surface area contributed by atoms with Crippen molar-refractivity contribution in [1.29, 1.82) is 0 Å². The molecule has 3 rings (SSSR count). The first-order valence-corrected chi connectivity index (χ1v) is 7.80. The number of rotatable bonds is 2. The molecule has 1 atom stereocenters. The Balaban J connectivity index is 1.85. The maximum Gasteiger partial charge on any atom is 0.255 e. The van der Waals surface area contributed by atoms with Gasteiger partial charge in [-0.2, -0.15) is 0 Å². The first-order chi connectivity index (χ1) is 8.86. The molecule has 1 aromatic heterocycles. The van der Waals surface area contributed by atoms with Crippen molar-refractivity contribution in [2.24, 2.45) is 0 Å². The predicted molar refractivity (Wildman–Crippen MR) is 77.0 cm³/mol. The van der Waals surface area contributed by atoms with E-state index in [9.17, 15) is 4.79 Å². The molecule has 0 unspecified atom stereocenters. The van der Waals surface area contributed by atoms with Crippen molar-refractivity contribution in [1.82, 2.24) is 4.90 Å². The summed E-state index contributed by atoms with van der Waals surface area (Å²) in [5.74, 6) is 1.15. The summed E-state index contributed by atoms with van der Waals surface area (Å²) in [5.41, 5.74) is 0.779. The van der Waals surface area contributed by atoms with Crippen LogP contribution in [0.5, 0.6) is 0 Å². The van der Waals surface area contributed by atoms with Crippen molar-refractivity contribution < 1.29 is 4.79 Å². The molecule has 1 saturated heterocycles. The molecule has 0 bridgehead atoms. The Morgan fingerprint density at radius 2 is 2.00 bits per heavy atom. The van der Waals surface area contributed by atoms with E-state index in [0.29, 0.717) is 0 Å². The third kappa shape index (κ3) is 2.18. The van der Waals surface area contributed by atoms with Crippen LogP contribution in [0.1, 0.15) is 20.6 Å². The molecule has 18 heavy (non-hydrogen) atoms. The third-order valence-electron chi connectivity index (χ3n) is 2.96. The van der Waals surface area contributed by atoms with Gasteiger partial charge in [0.05, 0.1) is 0 Å². The molecule has 0 spiro atoms. The van der Waals surface area contributed by atoms with E-state index in [1.54, 1.807) is 11.3 Å². The van der Waals surface area contributed by atoms with Crippen LogP contribution >= 0.6 is 23.1 Å². The summed E-state index contributed by atoms with van der Waals surface area (Å²) in [6.07, 6.45) is 0. The van der Waals surface area contributed by atoms with Gasteiger partial charge in [0.15, 0.2) is 0 Å². The zero-order chi connectivity index (χ0) is 12.4. The Hall–Kier alpha value is -1.26. The summed E-state index contributed by atoms with van der Waals surface area (Å²) < 4.78 is 0. The number of hydrogen-bond acceptors (Lipinski definition) is 3. The first-order valence-electron chi connectivity index (χ1n) is 5.87. The van der Waals surface area contributed by atoms with Gasteiger partial charge in [0.2, 0.25) is 0 Å². The summed E-state index contributed by atoms with van der Waals surface area (Å²) >= 11 is 3.57. The molecule has 0 saturated carbocycles. The Morgan fingerprint density at radius 3 is 2.72 bits per heavy atom. The Kier molecular flexibility index (Phi) is 3.39. The average molecular weight is 275 g/mol. The van der Waals surface area contributed by atoms with Crippen LogP contribution in [-0.2, 0) is 0 Å². The Bertz CT molecular complexity index is 524. The minimum Gasteiger partial charge on any atom is -0.321 e. The standard InChI is InChI=1S/C14H13NOS2/c16-13(11-5-2-1-3-6-11)15-8-10-18-14(15)12-7-4-9-17-12/h1-7,9,14H,8,10H2/t14-/m1/s1. The lowest BCUT2D eigenvalue weighted by molar-refractivity contribution is 0.0762. The molecule has 1 aliphatic heterocycles. The fourth-order valence-corrected chi connectivity index (χ4v) is 4.33. The molecule has 1 amide bonds. The minimum absolute atomic E-state index is 0.138. The highest BCUT2D eigenvalue weighted by Crippen LogP contribution is 2.40. The largest absolute Gasteiger partial charge is 0.321 e. The van der Waals surface area contributed by atoms with Gasteiger partial charge in [-0.3, -0.25) is 4.79 Å². The number of carbonyl (C=O) groups excluding carboxylic acids is 1. The lowest BCUT2D eigenvalue weighted by Crippen LogP contribution is -2.29. The van der Waals surface area contributed by atoms with Crippen LogP contribution in [0.4, 0.5) is 0 Å². The molecule has 4 heteroatoms. The highest BCUT2D eigenvalue weighted by atomic mass is 32.2. The molecule has 0 aliphatic carbocycles. The molecular weight excluding hydrogens is 262 g/mol. The molecule has 1 aromatic carbocycles. The predicted octanol–water partition coefficient (Wildman–Crippen LogP) is 3.64. The first kappa shape index (κ1) is 11.8. The van der Waals surface area contributed by atoms with Crippen LogP contribution in [0, 0.1) is 0 Å². The topological polar surface area (TPSA) is 20.3 Å². The summed E-state index contributed by atoms with van der Waals surface area (Å²) in [4.78, 5) is 15.7. The van der Waals surface area contributed by atoms with Crippen LogP contribution in [-0.4, -0.2) is 23.1 Å². The zero-order valence-corrected chi connectivity index (χ0v) is 11.4. The van der Waals surface area contributed by atoms with E-state index >= 15 is 0 Å². The number of nitrogens with zero attached hydrogens (tertiary/aromatic N) is 1. The highest BCUT2D eigenvalue weighted by Gasteiger charge is 2.31. The lowest BCUT2D eigenvalue weighted by atomic mass is 10.2. The van der Waals surface area contributed by atoms with E-state index in [0.717, 1.165) is 17.9 Å². The Morgan fingerprint density at radius 1 is 1.17 bits per heavy atom. The fourth-order valence-electron chi connectivity index (χ4n) is 2.09. The van der Waals surface area contributed by atoms with Gasteiger partial charge >= 0.3 is 0 Å². The maximum atomic E-state index is 12.5. The fraction of sp³-hybridized carbons (Fsp3) is 0.214. The van der Waals surface area contributed by atoms with E-state index in [2.05, 4.69) is 11.4 Å². The van der Waals surface area contributed by atoms with Crippen molar-refractivity contribution in [3.63, 3.8) is 0 Å². The van der Waals surface area contributed by atoms with Crippen molar-refractivity contribution >= 4 is 29.0 Å². The number of carbonyl (C=O) groups is 1. The van der Waals surface area contributed by atoms with Gasteiger partial charge in [-0.25, -0.2) is 0 Å². The number of thiophene rings is 1. The maximum absolute atomic E-state index is 12.5. The summed E-state index contributed by atoms with van der Waals surface area (Å²) in [6, 6.07) is 13.7. The van der Waals surface area contributed by atoms with E-state index in [1.807, 2.05) is 53.1 Å². The van der Waals surface area contributed by atoms with Crippen molar-refractivity contribution in [2.45, 2.75) is 5.37 Å². The molecule has 2 nitrogen and oxygen atoms in total. The average Bonchev–Trinajstić information content (AvgIpc) is 3.09. The van der Waals surface area contributed by atoms with Gasteiger partial charge in [0.25, 0.3) is 5.91 Å². The highest BCUT2D eigenvalue weighted by molar-refractivity contribution is 7.99. The number of amides is 1. The van der Waals surface area contributed by atoms with E-state index in [-0.39, 0.29) is 11.3 Å². The minimum atomic E-state index is 0.138. The normalized spacial score (nSPS) is 19.1. The van der Waals surface area contributed by atoms with E-state index in [4.69, 9.17) is 0 Å². The van der Waals surface area contributed by atoms with Gasteiger partial charge in [-0.15, -0.1) is 23.1 Å². The molecule has 1 fully saturated rings. The Labute approximate surface area is 115 Å². The second kappa shape index (κ2) is 5.16. The van der Waals surface area contributed by atoms with E-state index in [1.165, 1.54) is 4.88 Å². The van der Waals surface area contributed by atoms with Gasteiger partial charge in [-0.05, 0) is 23.6 Å². The second-order valence-electron chi connectivity index (χ2n) is 4.10. The second-order valence-corrected chi connectivity index (χ2v) is 6.27. The van der Waals surface area contributed by atoms with Crippen LogP contribution < -0.4 is 0 Å². The van der Waals surface area contributed by atoms with Gasteiger partial charge < -0.3 is 4.90 Å². The molecule has 2 heterocycles. The zero-order valence-electron chi connectivity index (χ0n) is 9.78. The van der Waals surface area contributed by atoms with Crippen LogP contribution in [0.3, 0.4) is 0 Å². The monoisotopic (exact) mass is 275 g/mol. The summed E-state index contributed by atoms with van der Waals surface area (Å²) in [7, 11) is 0. The van der Waals surface area contributed by atoms with Crippen LogP contribution in [0.15, 0.2) is 47.8 Å². The van der Waals surface area contributed by atoms with Gasteiger partial charge in [-0.1, -0.05) is 24.3 Å². The summed E-state index contributed by atoms with van der Waals surface area (Å²) in [5, 5.41) is 2.26. The third-order valence-corrected chi connectivity index (χ3v) is 5.28. The molecule has 2 aromatic rings. The molecule has 0 radical (unpaired) electrons. The van der Waals surface area contributed by atoms with Crippen molar-refractivity contribution in [3.05, 3.63) is 58.3 Å². The SMILES string of the molecule is O=C(c1ccccc1)N1CCS[C@@H]1c1cccs1. The molecular formula is C14H13NOS2. The lowest BCUT2D eigenvalue weighted by Gasteiger charge is -2.22. The number of thioether (sulfide) groups is 1. The molecule has 0 N–H and O–H groups in total. The summed E-state index contributed by atoms with van der Waals surface area (Å²) in [6.45, 7) is 0.834. The molecule has 1 aliphatic rings. The van der Waals surface area contributed by atoms with Crippen molar-refractivity contribution in [3.8, 4) is 0 Å². The van der Waals surface area contributed by atoms with Crippen molar-refractivity contribution in [2.75, 3.05) is 12.3 Å². The van der Waals surface area contributed by atoms with Crippen LogP contribution in [0.2, 0.25) is 0 Å². The number of hydrogen-bond donors (Lipinski definition) is 0. The molecule has 92 valence electrons. The van der Waals surface area contributed by atoms with E-state index < -0.39 is 0 Å². The number of benzene rings is 1. The smallest absolute Gasteiger partial charge is 0.255 e. The van der Waals surface area contributed by atoms with Gasteiger partial charge in [0, 0.05) is 22.7 Å². The van der Waals surface area contributed by atoms with Gasteiger partial charge in [0.1, 0.15) is 5.37 Å².